The highest BCUT2D eigenvalue weighted by molar-refractivity contribution is 5.94. The number of rotatable bonds is 19. The Balaban J connectivity index is 2.22. The van der Waals surface area contributed by atoms with Crippen LogP contribution in [0.2, 0.25) is 0 Å². The molecule has 0 heterocycles. The SMILES string of the molecule is NC(N)=NCCC[C@H](NC(=O)[C@H](Cc1ccccc1)NC(=O)[C@@H](N)CCCN=C(N)N)C(=O)N[C@@H](Cc1ccccc1)C(=O)O. The molecule has 0 saturated heterocycles. The molecule has 0 radical (unpaired) electrons. The number of hydrogen-bond donors (Lipinski definition) is 9. The van der Waals surface area contributed by atoms with Gasteiger partial charge in [-0.25, -0.2) is 4.79 Å². The normalized spacial score (nSPS) is 13.3. The summed E-state index contributed by atoms with van der Waals surface area (Å²) in [5, 5.41) is 17.7. The van der Waals surface area contributed by atoms with E-state index >= 15 is 0 Å². The van der Waals surface area contributed by atoms with Crippen molar-refractivity contribution in [3.8, 4) is 0 Å². The van der Waals surface area contributed by atoms with Crippen LogP contribution in [0.5, 0.6) is 0 Å². The molecule has 2 rings (SSSR count). The Morgan fingerprint density at radius 3 is 1.53 bits per heavy atom. The van der Waals surface area contributed by atoms with Crippen LogP contribution >= 0.6 is 0 Å². The number of nitrogens with one attached hydrogen (secondary N) is 3. The van der Waals surface area contributed by atoms with Crippen molar-refractivity contribution in [2.75, 3.05) is 13.1 Å². The average molecular weight is 625 g/mol. The zero-order chi connectivity index (χ0) is 33.2. The highest BCUT2D eigenvalue weighted by atomic mass is 16.4. The summed E-state index contributed by atoms with van der Waals surface area (Å²) in [5.74, 6) is -3.37. The lowest BCUT2D eigenvalue weighted by Gasteiger charge is -2.25. The number of hydrogen-bond acceptors (Lipinski definition) is 7. The molecule has 15 nitrogen and oxygen atoms in total. The molecule has 3 amide bonds. The third-order valence-corrected chi connectivity index (χ3v) is 6.70. The zero-order valence-corrected chi connectivity index (χ0v) is 25.1. The first kappa shape index (κ1) is 36.0. The van der Waals surface area contributed by atoms with Gasteiger partial charge in [0.2, 0.25) is 17.7 Å². The highest BCUT2D eigenvalue weighted by Crippen LogP contribution is 2.09. The van der Waals surface area contributed by atoms with Crippen LogP contribution in [0.15, 0.2) is 70.6 Å². The van der Waals surface area contributed by atoms with Crippen LogP contribution in [0.25, 0.3) is 0 Å². The maximum absolute atomic E-state index is 13.6. The van der Waals surface area contributed by atoms with Gasteiger partial charge >= 0.3 is 5.97 Å². The lowest BCUT2D eigenvalue weighted by molar-refractivity contribution is -0.142. The van der Waals surface area contributed by atoms with Gasteiger partial charge in [-0.3, -0.25) is 24.4 Å². The van der Waals surface area contributed by atoms with E-state index in [1.165, 1.54) is 0 Å². The van der Waals surface area contributed by atoms with Crippen LogP contribution in [0, 0.1) is 0 Å². The molecule has 4 atom stereocenters. The summed E-state index contributed by atoms with van der Waals surface area (Å²) < 4.78 is 0. The van der Waals surface area contributed by atoms with Gasteiger partial charge in [0, 0.05) is 25.9 Å². The number of benzene rings is 2. The largest absolute Gasteiger partial charge is 0.480 e. The summed E-state index contributed by atoms with van der Waals surface area (Å²) in [6.45, 7) is 0.461. The van der Waals surface area contributed by atoms with Gasteiger partial charge in [-0.1, -0.05) is 60.7 Å². The molecular formula is C30H44N10O5. The van der Waals surface area contributed by atoms with Crippen LogP contribution in [-0.4, -0.2) is 78.0 Å². The summed E-state index contributed by atoms with van der Waals surface area (Å²) in [6.07, 6.45) is 1.22. The van der Waals surface area contributed by atoms with Crippen LogP contribution in [0.1, 0.15) is 36.8 Å². The molecule has 0 spiro atoms. The molecule has 45 heavy (non-hydrogen) atoms. The Morgan fingerprint density at radius 1 is 0.622 bits per heavy atom. The van der Waals surface area contributed by atoms with E-state index < -0.39 is 47.9 Å². The van der Waals surface area contributed by atoms with E-state index in [9.17, 15) is 24.3 Å². The van der Waals surface area contributed by atoms with E-state index in [1.54, 1.807) is 54.6 Å². The van der Waals surface area contributed by atoms with Crippen LogP contribution in [-0.2, 0) is 32.0 Å². The summed E-state index contributed by atoms with van der Waals surface area (Å²) in [4.78, 5) is 59.8. The quantitative estimate of drug-likeness (QED) is 0.0492. The fourth-order valence-electron chi connectivity index (χ4n) is 4.36. The van der Waals surface area contributed by atoms with E-state index in [0.717, 1.165) is 5.56 Å². The monoisotopic (exact) mass is 624 g/mol. The Kier molecular flexibility index (Phi) is 15.3. The minimum atomic E-state index is -1.26. The first-order valence-electron chi connectivity index (χ1n) is 14.5. The molecule has 0 aromatic heterocycles. The molecule has 0 fully saturated rings. The third kappa shape index (κ3) is 14.2. The van der Waals surface area contributed by atoms with Crippen molar-refractivity contribution in [1.82, 2.24) is 16.0 Å². The highest BCUT2D eigenvalue weighted by Gasteiger charge is 2.30. The van der Waals surface area contributed by atoms with Gasteiger partial charge in [0.1, 0.15) is 18.1 Å². The molecule has 0 aliphatic rings. The van der Waals surface area contributed by atoms with Crippen LogP contribution in [0.4, 0.5) is 0 Å². The molecule has 0 aliphatic heterocycles. The van der Waals surface area contributed by atoms with E-state index in [2.05, 4.69) is 25.9 Å². The first-order valence-corrected chi connectivity index (χ1v) is 14.5. The maximum Gasteiger partial charge on any atom is 0.326 e. The van der Waals surface area contributed by atoms with Gasteiger partial charge < -0.3 is 49.7 Å². The Hall–Kier alpha value is -5.18. The molecule has 244 valence electrons. The molecule has 2 aromatic rings. The summed E-state index contributed by atoms with van der Waals surface area (Å²) >= 11 is 0. The lowest BCUT2D eigenvalue weighted by atomic mass is 10.0. The van der Waals surface area contributed by atoms with Gasteiger partial charge in [0.25, 0.3) is 0 Å². The molecule has 14 N–H and O–H groups in total. The number of carboxylic acid groups (broad SMARTS) is 1. The number of aliphatic carboxylic acids is 1. The molecule has 2 aromatic carbocycles. The average Bonchev–Trinajstić information content (AvgIpc) is 3.00. The fraction of sp³-hybridized carbons (Fsp3) is 0.400. The zero-order valence-electron chi connectivity index (χ0n) is 25.1. The fourth-order valence-corrected chi connectivity index (χ4v) is 4.36. The van der Waals surface area contributed by atoms with E-state index in [1.807, 2.05) is 6.07 Å². The Bertz CT molecular complexity index is 1300. The molecule has 0 bridgehead atoms. The number of amides is 3. The molecule has 0 saturated carbocycles. The van der Waals surface area contributed by atoms with Gasteiger partial charge in [-0.15, -0.1) is 0 Å². The van der Waals surface area contributed by atoms with Gasteiger partial charge in [0.05, 0.1) is 6.04 Å². The van der Waals surface area contributed by atoms with Crippen LogP contribution in [0.3, 0.4) is 0 Å². The number of carbonyl (C=O) groups is 4. The van der Waals surface area contributed by atoms with Crippen LogP contribution < -0.4 is 44.6 Å². The van der Waals surface area contributed by atoms with Crippen molar-refractivity contribution in [1.29, 1.82) is 0 Å². The number of aliphatic imine (C=N–C) groups is 2. The molecule has 0 aliphatic carbocycles. The summed E-state index contributed by atoms with van der Waals surface area (Å²) in [7, 11) is 0. The second kappa shape index (κ2) is 19.2. The van der Waals surface area contributed by atoms with Gasteiger partial charge in [-0.05, 0) is 36.8 Å². The molecular weight excluding hydrogens is 580 g/mol. The van der Waals surface area contributed by atoms with Crippen molar-refractivity contribution < 1.29 is 24.3 Å². The summed E-state index contributed by atoms with van der Waals surface area (Å²) in [6, 6.07) is 13.3. The lowest BCUT2D eigenvalue weighted by Crippen LogP contribution is -2.57. The van der Waals surface area contributed by atoms with E-state index in [0.29, 0.717) is 18.4 Å². The predicted octanol–water partition coefficient (Wildman–Crippen LogP) is -1.55. The first-order chi connectivity index (χ1) is 21.5. The number of nitrogens with two attached hydrogens (primary N) is 5. The smallest absolute Gasteiger partial charge is 0.326 e. The third-order valence-electron chi connectivity index (χ3n) is 6.70. The molecule has 15 heteroatoms. The predicted molar refractivity (Wildman–Crippen MR) is 172 cm³/mol. The Morgan fingerprint density at radius 2 is 1.04 bits per heavy atom. The maximum atomic E-state index is 13.6. The number of carboxylic acids is 1. The molecule has 0 unspecified atom stereocenters. The number of guanidine groups is 2. The topological polar surface area (TPSA) is 279 Å². The van der Waals surface area contributed by atoms with Crippen molar-refractivity contribution >= 4 is 35.6 Å². The second-order valence-electron chi connectivity index (χ2n) is 10.4. The van der Waals surface area contributed by atoms with Crippen molar-refractivity contribution in [3.63, 3.8) is 0 Å². The minimum absolute atomic E-state index is 0.0321. The number of nitrogens with zero attached hydrogens (tertiary/aromatic N) is 2. The van der Waals surface area contributed by atoms with Crippen molar-refractivity contribution in [3.05, 3.63) is 71.8 Å². The van der Waals surface area contributed by atoms with E-state index in [4.69, 9.17) is 28.7 Å². The summed E-state index contributed by atoms with van der Waals surface area (Å²) in [5.41, 5.74) is 29.0. The number of carbonyl (C=O) groups excluding carboxylic acids is 3. The Labute approximate surface area is 262 Å². The van der Waals surface area contributed by atoms with Gasteiger partial charge in [0.15, 0.2) is 11.9 Å². The van der Waals surface area contributed by atoms with Crippen molar-refractivity contribution in [2.24, 2.45) is 38.7 Å². The standard InChI is InChI=1S/C30H44N10O5/c31-21(13-7-15-36-29(32)33)25(41)39-23(17-19-9-3-1-4-10-19)27(43)38-22(14-8-16-37-30(34)35)26(42)40-24(28(44)45)18-20-11-5-2-6-12-20/h1-6,9-12,21-24H,7-8,13-18,31H2,(H,38,43)(H,39,41)(H,40,42)(H,44,45)(H4,32,33,36)(H4,34,35,37)/t21-,22-,23-,24-/m0/s1. The minimum Gasteiger partial charge on any atom is -0.480 e. The van der Waals surface area contributed by atoms with Crippen molar-refractivity contribution in [2.45, 2.75) is 62.7 Å². The van der Waals surface area contributed by atoms with Gasteiger partial charge in [-0.2, -0.15) is 0 Å². The van der Waals surface area contributed by atoms with E-state index in [-0.39, 0.29) is 50.7 Å². The second-order valence-corrected chi connectivity index (χ2v) is 10.4.